The van der Waals surface area contributed by atoms with Crippen molar-refractivity contribution in [1.82, 2.24) is 20.2 Å². The van der Waals surface area contributed by atoms with E-state index in [2.05, 4.69) is 31.5 Å². The number of nitrogens with two attached hydrogens (primary N) is 1. The highest BCUT2D eigenvalue weighted by molar-refractivity contribution is 9.10. The van der Waals surface area contributed by atoms with Gasteiger partial charge in [-0.1, -0.05) is 22.0 Å². The largest absolute Gasteiger partial charge is 0.497 e. The topological polar surface area (TPSA) is 78.8 Å². The molecule has 0 atom stereocenters. The maximum Gasteiger partial charge on any atom is 0.189 e. The maximum absolute atomic E-state index is 6.04. The number of hydrogen-bond donors (Lipinski definition) is 1. The molecule has 6 nitrogen and oxygen atoms in total. The first-order valence-corrected chi connectivity index (χ1v) is 6.96. The second kappa shape index (κ2) is 5.53. The highest BCUT2D eigenvalue weighted by Gasteiger charge is 2.14. The minimum absolute atomic E-state index is 0.560. The lowest BCUT2D eigenvalue weighted by Crippen LogP contribution is -2.02. The lowest BCUT2D eigenvalue weighted by atomic mass is 10.1. The Bertz CT molecular complexity index is 787. The molecule has 3 rings (SSSR count). The molecule has 0 unspecified atom stereocenters. The maximum atomic E-state index is 6.04. The van der Waals surface area contributed by atoms with Crippen LogP contribution in [0.5, 0.6) is 5.75 Å². The Kier molecular flexibility index (Phi) is 3.57. The standard InChI is InChI=1S/C14H12BrN5O/c1-21-11-5-6-13(16)12(8-11)14-17-18-19-20(14)10-4-2-3-9(15)7-10/h2-8H,16H2,1H3. The number of halogens is 1. The minimum atomic E-state index is 0.560. The van der Waals surface area contributed by atoms with Crippen molar-refractivity contribution >= 4 is 21.6 Å². The Morgan fingerprint density at radius 1 is 1.19 bits per heavy atom. The normalized spacial score (nSPS) is 10.6. The molecule has 0 saturated heterocycles. The number of aromatic nitrogens is 4. The van der Waals surface area contributed by atoms with Crippen LogP contribution in [0.15, 0.2) is 46.9 Å². The second-order valence-corrected chi connectivity index (χ2v) is 5.26. The molecule has 0 aliphatic rings. The number of anilines is 1. The molecule has 3 aromatic rings. The number of tetrazole rings is 1. The molecule has 0 spiro atoms. The van der Waals surface area contributed by atoms with Gasteiger partial charge in [0.1, 0.15) is 5.75 Å². The van der Waals surface area contributed by atoms with Gasteiger partial charge in [-0.25, -0.2) is 0 Å². The van der Waals surface area contributed by atoms with Crippen molar-refractivity contribution in [2.45, 2.75) is 0 Å². The van der Waals surface area contributed by atoms with E-state index in [1.807, 2.05) is 30.3 Å². The zero-order valence-electron chi connectivity index (χ0n) is 11.2. The van der Waals surface area contributed by atoms with Gasteiger partial charge < -0.3 is 10.5 Å². The van der Waals surface area contributed by atoms with Gasteiger partial charge in [-0.05, 0) is 46.8 Å². The van der Waals surface area contributed by atoms with Gasteiger partial charge in [0.25, 0.3) is 0 Å². The minimum Gasteiger partial charge on any atom is -0.497 e. The summed E-state index contributed by atoms with van der Waals surface area (Å²) in [5.41, 5.74) is 8.18. The fraction of sp³-hybridized carbons (Fsp3) is 0.0714. The SMILES string of the molecule is COc1ccc(N)c(-c2nnnn2-c2cccc(Br)c2)c1. The van der Waals surface area contributed by atoms with E-state index in [0.29, 0.717) is 17.3 Å². The summed E-state index contributed by atoms with van der Waals surface area (Å²) in [5.74, 6) is 1.26. The molecular formula is C14H12BrN5O. The zero-order chi connectivity index (χ0) is 14.8. The quantitative estimate of drug-likeness (QED) is 0.738. The molecule has 0 fully saturated rings. The van der Waals surface area contributed by atoms with Crippen LogP contribution in [0, 0.1) is 0 Å². The summed E-state index contributed by atoms with van der Waals surface area (Å²) in [7, 11) is 1.60. The van der Waals surface area contributed by atoms with Crippen molar-refractivity contribution in [2.24, 2.45) is 0 Å². The Hall–Kier alpha value is -2.41. The zero-order valence-corrected chi connectivity index (χ0v) is 12.8. The van der Waals surface area contributed by atoms with Crippen LogP contribution in [0.2, 0.25) is 0 Å². The number of hydrogen-bond acceptors (Lipinski definition) is 5. The highest BCUT2D eigenvalue weighted by Crippen LogP contribution is 2.29. The number of methoxy groups -OCH3 is 1. The van der Waals surface area contributed by atoms with E-state index in [-0.39, 0.29) is 0 Å². The molecule has 2 N–H and O–H groups in total. The number of nitrogen functional groups attached to an aromatic ring is 1. The first-order valence-electron chi connectivity index (χ1n) is 6.17. The third-order valence-electron chi connectivity index (χ3n) is 3.02. The molecule has 2 aromatic carbocycles. The lowest BCUT2D eigenvalue weighted by molar-refractivity contribution is 0.415. The van der Waals surface area contributed by atoms with Gasteiger partial charge in [-0.2, -0.15) is 4.68 Å². The monoisotopic (exact) mass is 345 g/mol. The molecule has 0 aliphatic carbocycles. The molecular weight excluding hydrogens is 334 g/mol. The molecule has 0 saturated carbocycles. The predicted octanol–water partition coefficient (Wildman–Crippen LogP) is 2.68. The van der Waals surface area contributed by atoms with Crippen molar-refractivity contribution in [3.8, 4) is 22.8 Å². The van der Waals surface area contributed by atoms with E-state index >= 15 is 0 Å². The summed E-state index contributed by atoms with van der Waals surface area (Å²) in [6, 6.07) is 13.1. The van der Waals surface area contributed by atoms with Gasteiger partial charge in [-0.3, -0.25) is 0 Å². The van der Waals surface area contributed by atoms with E-state index in [4.69, 9.17) is 10.5 Å². The number of benzene rings is 2. The summed E-state index contributed by atoms with van der Waals surface area (Å²) in [6.45, 7) is 0. The van der Waals surface area contributed by atoms with E-state index in [0.717, 1.165) is 15.7 Å². The fourth-order valence-electron chi connectivity index (χ4n) is 1.99. The Labute approximate surface area is 129 Å². The van der Waals surface area contributed by atoms with Gasteiger partial charge in [0, 0.05) is 15.7 Å². The average molecular weight is 346 g/mol. The van der Waals surface area contributed by atoms with Crippen LogP contribution >= 0.6 is 15.9 Å². The highest BCUT2D eigenvalue weighted by atomic mass is 79.9. The summed E-state index contributed by atoms with van der Waals surface area (Å²) in [4.78, 5) is 0. The van der Waals surface area contributed by atoms with Crippen LogP contribution < -0.4 is 10.5 Å². The van der Waals surface area contributed by atoms with E-state index < -0.39 is 0 Å². The number of rotatable bonds is 3. The van der Waals surface area contributed by atoms with E-state index in [1.54, 1.807) is 23.9 Å². The summed E-state index contributed by atoms with van der Waals surface area (Å²) in [6.07, 6.45) is 0. The van der Waals surface area contributed by atoms with Gasteiger partial charge in [-0.15, -0.1) is 5.10 Å². The Morgan fingerprint density at radius 2 is 2.05 bits per heavy atom. The molecule has 0 amide bonds. The first kappa shape index (κ1) is 13.6. The van der Waals surface area contributed by atoms with Crippen LogP contribution in [0.25, 0.3) is 17.1 Å². The molecule has 1 heterocycles. The summed E-state index contributed by atoms with van der Waals surface area (Å²) < 4.78 is 7.81. The van der Waals surface area contributed by atoms with Crippen molar-refractivity contribution < 1.29 is 4.74 Å². The first-order chi connectivity index (χ1) is 10.2. The van der Waals surface area contributed by atoms with Crippen molar-refractivity contribution in [2.75, 3.05) is 12.8 Å². The van der Waals surface area contributed by atoms with Crippen LogP contribution in [0.3, 0.4) is 0 Å². The molecule has 0 aliphatic heterocycles. The summed E-state index contributed by atoms with van der Waals surface area (Å²) in [5, 5.41) is 11.9. The molecule has 0 radical (unpaired) electrons. The van der Waals surface area contributed by atoms with Gasteiger partial charge in [0.2, 0.25) is 0 Å². The van der Waals surface area contributed by atoms with Gasteiger partial charge in [0.05, 0.1) is 12.8 Å². The fourth-order valence-corrected chi connectivity index (χ4v) is 2.38. The number of ether oxygens (including phenoxy) is 1. The third-order valence-corrected chi connectivity index (χ3v) is 3.52. The van der Waals surface area contributed by atoms with Crippen LogP contribution in [-0.2, 0) is 0 Å². The van der Waals surface area contributed by atoms with Crippen molar-refractivity contribution in [3.05, 3.63) is 46.9 Å². The summed E-state index contributed by atoms with van der Waals surface area (Å²) >= 11 is 3.44. The Balaban J connectivity index is 2.15. The Morgan fingerprint density at radius 3 is 2.81 bits per heavy atom. The van der Waals surface area contributed by atoms with Crippen molar-refractivity contribution in [3.63, 3.8) is 0 Å². The van der Waals surface area contributed by atoms with Crippen LogP contribution in [0.1, 0.15) is 0 Å². The molecule has 21 heavy (non-hydrogen) atoms. The number of nitrogens with zero attached hydrogens (tertiary/aromatic N) is 4. The molecule has 106 valence electrons. The van der Waals surface area contributed by atoms with Gasteiger partial charge in [0.15, 0.2) is 5.82 Å². The third kappa shape index (κ3) is 2.59. The predicted molar refractivity (Wildman–Crippen MR) is 83.3 cm³/mol. The molecule has 0 bridgehead atoms. The smallest absolute Gasteiger partial charge is 0.189 e. The van der Waals surface area contributed by atoms with Crippen LogP contribution in [0.4, 0.5) is 5.69 Å². The van der Waals surface area contributed by atoms with E-state index in [1.165, 1.54) is 0 Å². The average Bonchev–Trinajstić information content (AvgIpc) is 2.97. The van der Waals surface area contributed by atoms with Gasteiger partial charge >= 0.3 is 0 Å². The van der Waals surface area contributed by atoms with Crippen molar-refractivity contribution in [1.29, 1.82) is 0 Å². The molecule has 7 heteroatoms. The second-order valence-electron chi connectivity index (χ2n) is 4.35. The van der Waals surface area contributed by atoms with Crippen LogP contribution in [-0.4, -0.2) is 27.3 Å². The molecule has 1 aromatic heterocycles. The lowest BCUT2D eigenvalue weighted by Gasteiger charge is -2.09. The van der Waals surface area contributed by atoms with E-state index in [9.17, 15) is 0 Å².